The second kappa shape index (κ2) is 11.4. The maximum Gasteiger partial charge on any atom is 0.229 e. The van der Waals surface area contributed by atoms with Gasteiger partial charge in [0.2, 0.25) is 10.0 Å². The highest BCUT2D eigenvalue weighted by Gasteiger charge is 2.16. The fourth-order valence-corrected chi connectivity index (χ4v) is 3.92. The second-order valence-electron chi connectivity index (χ2n) is 6.99. The van der Waals surface area contributed by atoms with Crippen LogP contribution in [-0.2, 0) is 16.6 Å². The van der Waals surface area contributed by atoms with E-state index in [0.29, 0.717) is 12.2 Å². The third kappa shape index (κ3) is 7.02. The highest BCUT2D eigenvalue weighted by molar-refractivity contribution is 14.0. The minimum Gasteiger partial charge on any atom is -0.356 e. The number of nitrogens with one attached hydrogen (secondary N) is 2. The topological polar surface area (TPSA) is 73.8 Å². The molecule has 6 nitrogen and oxygen atoms in total. The van der Waals surface area contributed by atoms with Crippen LogP contribution >= 0.6 is 24.0 Å². The highest BCUT2D eigenvalue weighted by atomic mass is 127. The first-order valence-corrected chi connectivity index (χ1v) is 11.7. The molecule has 0 unspecified atom stereocenters. The van der Waals surface area contributed by atoms with Crippen LogP contribution < -0.4 is 10.0 Å². The van der Waals surface area contributed by atoms with Crippen molar-refractivity contribution in [3.8, 4) is 0 Å². The standard InChI is InChI=1S/C22H28N4O2S.HI/c1-3-23-22(24-17-20-11-7-8-12-21(20)25-29(2,27)28)26-15-13-19(14-16-26)18-9-5-4-6-10-18;/h4-13,25H,3,14-17H2,1-2H3,(H,23,24);1H. The van der Waals surface area contributed by atoms with Gasteiger partial charge < -0.3 is 10.2 Å². The van der Waals surface area contributed by atoms with Crippen molar-refractivity contribution in [3.05, 3.63) is 71.8 Å². The smallest absolute Gasteiger partial charge is 0.229 e. The van der Waals surface area contributed by atoms with Gasteiger partial charge >= 0.3 is 0 Å². The fraction of sp³-hybridized carbons (Fsp3) is 0.318. The number of aliphatic imine (C=N–C) groups is 1. The van der Waals surface area contributed by atoms with Gasteiger partial charge in [-0.2, -0.15) is 0 Å². The molecule has 0 radical (unpaired) electrons. The summed E-state index contributed by atoms with van der Waals surface area (Å²) in [7, 11) is -3.33. The number of anilines is 1. The minimum absolute atomic E-state index is 0. The molecule has 3 rings (SSSR count). The van der Waals surface area contributed by atoms with E-state index in [1.165, 1.54) is 11.1 Å². The number of benzene rings is 2. The van der Waals surface area contributed by atoms with E-state index in [4.69, 9.17) is 4.99 Å². The summed E-state index contributed by atoms with van der Waals surface area (Å²) in [5.41, 5.74) is 4.04. The molecule has 1 aliphatic heterocycles. The lowest BCUT2D eigenvalue weighted by atomic mass is 10.00. The van der Waals surface area contributed by atoms with Crippen LogP contribution in [0.2, 0.25) is 0 Å². The van der Waals surface area contributed by atoms with Gasteiger partial charge in [-0.05, 0) is 36.1 Å². The summed E-state index contributed by atoms with van der Waals surface area (Å²) in [5.74, 6) is 0.838. The Hall–Kier alpha value is -2.07. The maximum absolute atomic E-state index is 11.6. The molecule has 1 heterocycles. The quantitative estimate of drug-likeness (QED) is 0.331. The lowest BCUT2D eigenvalue weighted by molar-refractivity contribution is 0.440. The van der Waals surface area contributed by atoms with Crippen molar-refractivity contribution in [2.75, 3.05) is 30.6 Å². The molecule has 162 valence electrons. The first kappa shape index (κ1) is 24.2. The van der Waals surface area contributed by atoms with Crippen molar-refractivity contribution in [2.45, 2.75) is 19.9 Å². The maximum atomic E-state index is 11.6. The number of halogens is 1. The first-order valence-electron chi connectivity index (χ1n) is 9.79. The predicted molar refractivity (Wildman–Crippen MR) is 136 cm³/mol. The molecule has 30 heavy (non-hydrogen) atoms. The average Bonchev–Trinajstić information content (AvgIpc) is 2.72. The summed E-state index contributed by atoms with van der Waals surface area (Å²) in [6.07, 6.45) is 4.37. The van der Waals surface area contributed by atoms with Gasteiger partial charge in [0.15, 0.2) is 5.96 Å². The van der Waals surface area contributed by atoms with Crippen LogP contribution in [0, 0.1) is 0 Å². The van der Waals surface area contributed by atoms with Crippen molar-refractivity contribution >= 4 is 51.2 Å². The predicted octanol–water partition coefficient (Wildman–Crippen LogP) is 3.93. The molecular formula is C22H29IN4O2S. The molecule has 2 aromatic carbocycles. The van der Waals surface area contributed by atoms with Crippen LogP contribution in [0.1, 0.15) is 24.5 Å². The molecule has 2 N–H and O–H groups in total. The molecule has 8 heteroatoms. The molecule has 0 spiro atoms. The van der Waals surface area contributed by atoms with Gasteiger partial charge in [0.05, 0.1) is 18.5 Å². The third-order valence-corrected chi connectivity index (χ3v) is 5.29. The number of para-hydroxylation sites is 1. The molecule has 0 atom stereocenters. The van der Waals surface area contributed by atoms with Crippen molar-refractivity contribution in [3.63, 3.8) is 0 Å². The Balaban J connectivity index is 0.00000320. The molecule has 0 aliphatic carbocycles. The summed E-state index contributed by atoms with van der Waals surface area (Å²) >= 11 is 0. The van der Waals surface area contributed by atoms with Gasteiger partial charge in [0.1, 0.15) is 0 Å². The third-order valence-electron chi connectivity index (χ3n) is 4.70. The van der Waals surface area contributed by atoms with Crippen molar-refractivity contribution < 1.29 is 8.42 Å². The Morgan fingerprint density at radius 1 is 1.10 bits per heavy atom. The molecule has 0 saturated carbocycles. The van der Waals surface area contributed by atoms with Gasteiger partial charge in [-0.3, -0.25) is 4.72 Å². The minimum atomic E-state index is -3.33. The molecule has 0 aromatic heterocycles. The van der Waals surface area contributed by atoms with Crippen LogP contribution in [0.15, 0.2) is 65.7 Å². The Labute approximate surface area is 196 Å². The van der Waals surface area contributed by atoms with Crippen molar-refractivity contribution in [1.29, 1.82) is 0 Å². The first-order chi connectivity index (χ1) is 14.0. The van der Waals surface area contributed by atoms with E-state index in [-0.39, 0.29) is 24.0 Å². The van der Waals surface area contributed by atoms with E-state index >= 15 is 0 Å². The molecule has 0 fully saturated rings. The Morgan fingerprint density at radius 3 is 2.43 bits per heavy atom. The fourth-order valence-electron chi connectivity index (χ4n) is 3.32. The summed E-state index contributed by atoms with van der Waals surface area (Å²) in [5, 5.41) is 3.35. The van der Waals surface area contributed by atoms with E-state index in [2.05, 4.69) is 45.3 Å². The van der Waals surface area contributed by atoms with Crippen molar-refractivity contribution in [2.24, 2.45) is 4.99 Å². The van der Waals surface area contributed by atoms with E-state index in [0.717, 1.165) is 43.8 Å². The van der Waals surface area contributed by atoms with E-state index in [1.54, 1.807) is 6.07 Å². The molecular weight excluding hydrogens is 511 g/mol. The molecule has 0 amide bonds. The summed E-state index contributed by atoms with van der Waals surface area (Å²) in [6.45, 7) is 4.89. The lowest BCUT2D eigenvalue weighted by Crippen LogP contribution is -2.43. The largest absolute Gasteiger partial charge is 0.356 e. The second-order valence-corrected chi connectivity index (χ2v) is 8.74. The Kier molecular flexibility index (Phi) is 9.16. The Morgan fingerprint density at radius 2 is 1.80 bits per heavy atom. The summed E-state index contributed by atoms with van der Waals surface area (Å²) in [4.78, 5) is 6.99. The van der Waals surface area contributed by atoms with Crippen LogP contribution in [-0.4, -0.2) is 45.2 Å². The number of hydrogen-bond acceptors (Lipinski definition) is 3. The molecule has 1 aliphatic rings. The normalized spacial score (nSPS) is 14.5. The highest BCUT2D eigenvalue weighted by Crippen LogP contribution is 2.22. The monoisotopic (exact) mass is 540 g/mol. The molecule has 0 bridgehead atoms. The zero-order chi connectivity index (χ0) is 20.7. The Bertz CT molecular complexity index is 991. The van der Waals surface area contributed by atoms with Gasteiger partial charge in [-0.15, -0.1) is 24.0 Å². The summed E-state index contributed by atoms with van der Waals surface area (Å²) in [6, 6.07) is 17.8. The number of sulfonamides is 1. The zero-order valence-electron chi connectivity index (χ0n) is 17.3. The van der Waals surface area contributed by atoms with Crippen LogP contribution in [0.5, 0.6) is 0 Å². The van der Waals surface area contributed by atoms with E-state index in [1.807, 2.05) is 31.2 Å². The van der Waals surface area contributed by atoms with E-state index in [9.17, 15) is 8.42 Å². The van der Waals surface area contributed by atoms with Gasteiger partial charge in [0, 0.05) is 19.6 Å². The number of hydrogen-bond donors (Lipinski definition) is 2. The van der Waals surface area contributed by atoms with Crippen molar-refractivity contribution in [1.82, 2.24) is 10.2 Å². The van der Waals surface area contributed by atoms with Crippen LogP contribution in [0.25, 0.3) is 5.57 Å². The summed E-state index contributed by atoms with van der Waals surface area (Å²) < 4.78 is 25.8. The zero-order valence-corrected chi connectivity index (χ0v) is 20.5. The average molecular weight is 540 g/mol. The molecule has 0 saturated heterocycles. The van der Waals surface area contributed by atoms with Gasteiger partial charge in [-0.25, -0.2) is 13.4 Å². The van der Waals surface area contributed by atoms with Gasteiger partial charge in [0.25, 0.3) is 0 Å². The number of nitrogens with zero attached hydrogens (tertiary/aromatic N) is 2. The SMILES string of the molecule is CCNC(=NCc1ccccc1NS(C)(=O)=O)N1CC=C(c2ccccc2)CC1.I. The molecule has 2 aromatic rings. The number of guanidine groups is 1. The van der Waals surface area contributed by atoms with E-state index < -0.39 is 10.0 Å². The number of rotatable bonds is 6. The lowest BCUT2D eigenvalue weighted by Gasteiger charge is -2.30. The van der Waals surface area contributed by atoms with Crippen LogP contribution in [0.4, 0.5) is 5.69 Å². The van der Waals surface area contributed by atoms with Gasteiger partial charge in [-0.1, -0.05) is 54.6 Å². The van der Waals surface area contributed by atoms with Crippen LogP contribution in [0.3, 0.4) is 0 Å².